The maximum absolute atomic E-state index is 12.3. The number of amides is 1. The maximum Gasteiger partial charge on any atom is 0.328 e. The Balaban J connectivity index is 2.00. The van der Waals surface area contributed by atoms with Crippen LogP contribution in [0.2, 0.25) is 0 Å². The molecule has 5 nitrogen and oxygen atoms in total. The molecule has 1 N–H and O–H groups in total. The number of nitrogens with one attached hydrogen (secondary N) is 1. The Labute approximate surface area is 160 Å². The fraction of sp³-hybridized carbons (Fsp3) is 0.273. The first kappa shape index (κ1) is 20.2. The zero-order valence-corrected chi connectivity index (χ0v) is 15.7. The van der Waals surface area contributed by atoms with Crippen molar-refractivity contribution in [2.24, 2.45) is 0 Å². The zero-order chi connectivity index (χ0) is 19.5. The molecule has 0 heterocycles. The van der Waals surface area contributed by atoms with E-state index in [0.29, 0.717) is 13.0 Å². The van der Waals surface area contributed by atoms with E-state index in [4.69, 9.17) is 9.47 Å². The smallest absolute Gasteiger partial charge is 0.328 e. The van der Waals surface area contributed by atoms with Crippen LogP contribution in [0, 0.1) is 0 Å². The predicted molar refractivity (Wildman–Crippen MR) is 105 cm³/mol. The second kappa shape index (κ2) is 10.8. The monoisotopic (exact) mass is 367 g/mol. The van der Waals surface area contributed by atoms with E-state index in [1.54, 1.807) is 13.0 Å². The minimum absolute atomic E-state index is 0.266. The standard InChI is InChI=1S/C22H25NO4/c1-3-26-19-13-10-17(11-14-19)12-15-21(24)23-20(22(25)27-4-2)16-18-8-6-5-7-9-18/h5-15,20H,3-4,16H2,1-2H3,(H,23,24)/b15-12+. The highest BCUT2D eigenvalue weighted by Gasteiger charge is 2.21. The maximum atomic E-state index is 12.3. The number of ether oxygens (including phenoxy) is 2. The van der Waals surface area contributed by atoms with E-state index in [2.05, 4.69) is 5.32 Å². The Hall–Kier alpha value is -3.08. The van der Waals surface area contributed by atoms with Gasteiger partial charge in [0.15, 0.2) is 0 Å². The van der Waals surface area contributed by atoms with Crippen LogP contribution in [0.15, 0.2) is 60.7 Å². The van der Waals surface area contributed by atoms with Gasteiger partial charge in [0.05, 0.1) is 13.2 Å². The quantitative estimate of drug-likeness (QED) is 0.545. The van der Waals surface area contributed by atoms with Crippen LogP contribution in [0.5, 0.6) is 5.75 Å². The summed E-state index contributed by atoms with van der Waals surface area (Å²) in [5.41, 5.74) is 1.82. The van der Waals surface area contributed by atoms with Crippen molar-refractivity contribution in [1.82, 2.24) is 5.32 Å². The van der Waals surface area contributed by atoms with Gasteiger partial charge in [-0.3, -0.25) is 4.79 Å². The molecule has 0 aliphatic carbocycles. The Bertz CT molecular complexity index is 754. The summed E-state index contributed by atoms with van der Waals surface area (Å²) in [6, 6.07) is 16.2. The fourth-order valence-corrected chi connectivity index (χ4v) is 2.52. The lowest BCUT2D eigenvalue weighted by Crippen LogP contribution is -2.42. The Morgan fingerprint density at radius 2 is 1.70 bits per heavy atom. The number of hydrogen-bond donors (Lipinski definition) is 1. The van der Waals surface area contributed by atoms with Crippen molar-refractivity contribution < 1.29 is 19.1 Å². The van der Waals surface area contributed by atoms with Crippen molar-refractivity contribution in [3.63, 3.8) is 0 Å². The first-order valence-corrected chi connectivity index (χ1v) is 9.04. The van der Waals surface area contributed by atoms with Gasteiger partial charge >= 0.3 is 5.97 Å². The van der Waals surface area contributed by atoms with E-state index in [-0.39, 0.29) is 12.5 Å². The lowest BCUT2D eigenvalue weighted by Gasteiger charge is -2.16. The lowest BCUT2D eigenvalue weighted by atomic mass is 10.1. The summed E-state index contributed by atoms with van der Waals surface area (Å²) in [4.78, 5) is 24.4. The number of carbonyl (C=O) groups excluding carboxylic acids is 2. The van der Waals surface area contributed by atoms with E-state index in [9.17, 15) is 9.59 Å². The average molecular weight is 367 g/mol. The number of carbonyl (C=O) groups is 2. The summed E-state index contributed by atoms with van der Waals surface area (Å²) in [7, 11) is 0. The molecule has 0 aliphatic rings. The molecule has 0 spiro atoms. The first-order valence-electron chi connectivity index (χ1n) is 9.04. The molecule has 0 fully saturated rings. The van der Waals surface area contributed by atoms with Gasteiger partial charge in [-0.05, 0) is 43.2 Å². The number of rotatable bonds is 9. The summed E-state index contributed by atoms with van der Waals surface area (Å²) in [6.45, 7) is 4.54. The molecule has 2 aromatic carbocycles. The van der Waals surface area contributed by atoms with Crippen LogP contribution < -0.4 is 10.1 Å². The molecule has 2 rings (SSSR count). The van der Waals surface area contributed by atoms with Crippen LogP contribution >= 0.6 is 0 Å². The SMILES string of the molecule is CCOC(=O)C(Cc1ccccc1)NC(=O)/C=C/c1ccc(OCC)cc1. The highest BCUT2D eigenvalue weighted by Crippen LogP contribution is 2.13. The van der Waals surface area contributed by atoms with Gasteiger partial charge in [-0.25, -0.2) is 4.79 Å². The molecule has 1 unspecified atom stereocenters. The molecular weight excluding hydrogens is 342 g/mol. The molecule has 2 aromatic rings. The number of esters is 1. The van der Waals surface area contributed by atoms with Crippen LogP contribution in [0.4, 0.5) is 0 Å². The average Bonchev–Trinajstić information content (AvgIpc) is 2.68. The molecule has 0 bridgehead atoms. The Morgan fingerprint density at radius 3 is 2.33 bits per heavy atom. The van der Waals surface area contributed by atoms with Gasteiger partial charge in [-0.1, -0.05) is 42.5 Å². The van der Waals surface area contributed by atoms with Gasteiger partial charge < -0.3 is 14.8 Å². The largest absolute Gasteiger partial charge is 0.494 e. The summed E-state index contributed by atoms with van der Waals surface area (Å²) in [5.74, 6) is -0.00798. The minimum atomic E-state index is -0.732. The third kappa shape index (κ3) is 6.98. The summed E-state index contributed by atoms with van der Waals surface area (Å²) < 4.78 is 10.5. The van der Waals surface area contributed by atoms with Gasteiger partial charge in [-0.15, -0.1) is 0 Å². The van der Waals surface area contributed by atoms with Crippen LogP contribution in [0.3, 0.4) is 0 Å². The lowest BCUT2D eigenvalue weighted by molar-refractivity contribution is -0.146. The van der Waals surface area contributed by atoms with E-state index in [1.165, 1.54) is 6.08 Å². The second-order valence-electron chi connectivity index (χ2n) is 5.84. The second-order valence-corrected chi connectivity index (χ2v) is 5.84. The van der Waals surface area contributed by atoms with Crippen LogP contribution in [-0.2, 0) is 20.7 Å². The molecule has 1 atom stereocenters. The highest BCUT2D eigenvalue weighted by atomic mass is 16.5. The number of benzene rings is 2. The van der Waals surface area contributed by atoms with Crippen molar-refractivity contribution in [2.45, 2.75) is 26.3 Å². The first-order chi connectivity index (χ1) is 13.1. The van der Waals surface area contributed by atoms with Gasteiger partial charge in [0, 0.05) is 12.5 Å². The predicted octanol–water partition coefficient (Wildman–Crippen LogP) is 3.39. The van der Waals surface area contributed by atoms with E-state index in [1.807, 2.05) is 61.5 Å². The highest BCUT2D eigenvalue weighted by molar-refractivity contribution is 5.94. The van der Waals surface area contributed by atoms with Crippen LogP contribution in [-0.4, -0.2) is 31.1 Å². The van der Waals surface area contributed by atoms with Gasteiger partial charge in [0.2, 0.25) is 5.91 Å². The summed E-state index contributed by atoms with van der Waals surface area (Å²) in [5, 5.41) is 2.73. The molecule has 27 heavy (non-hydrogen) atoms. The zero-order valence-electron chi connectivity index (χ0n) is 15.7. The normalized spacial score (nSPS) is 11.8. The Kier molecular flexibility index (Phi) is 8.10. The molecule has 0 aliphatic heterocycles. The molecule has 0 radical (unpaired) electrons. The molecule has 0 saturated heterocycles. The van der Waals surface area contributed by atoms with Crippen LogP contribution in [0.1, 0.15) is 25.0 Å². The van der Waals surface area contributed by atoms with E-state index in [0.717, 1.165) is 16.9 Å². The molecule has 1 amide bonds. The molecule has 5 heteroatoms. The van der Waals surface area contributed by atoms with Crippen molar-refractivity contribution >= 4 is 18.0 Å². The Morgan fingerprint density at radius 1 is 1.00 bits per heavy atom. The van der Waals surface area contributed by atoms with Crippen molar-refractivity contribution in [1.29, 1.82) is 0 Å². The van der Waals surface area contributed by atoms with Crippen molar-refractivity contribution in [3.05, 3.63) is 71.8 Å². The fourth-order valence-electron chi connectivity index (χ4n) is 2.52. The third-order valence-electron chi connectivity index (χ3n) is 3.79. The van der Waals surface area contributed by atoms with Crippen molar-refractivity contribution in [3.8, 4) is 5.75 Å². The van der Waals surface area contributed by atoms with Gasteiger partial charge in [0.25, 0.3) is 0 Å². The topological polar surface area (TPSA) is 64.6 Å². The van der Waals surface area contributed by atoms with Gasteiger partial charge in [0.1, 0.15) is 11.8 Å². The molecule has 142 valence electrons. The number of hydrogen-bond acceptors (Lipinski definition) is 4. The summed E-state index contributed by atoms with van der Waals surface area (Å²) in [6.07, 6.45) is 3.48. The van der Waals surface area contributed by atoms with Gasteiger partial charge in [-0.2, -0.15) is 0 Å². The molecule has 0 saturated carbocycles. The van der Waals surface area contributed by atoms with E-state index < -0.39 is 12.0 Å². The third-order valence-corrected chi connectivity index (χ3v) is 3.79. The van der Waals surface area contributed by atoms with Crippen molar-refractivity contribution in [2.75, 3.05) is 13.2 Å². The molecule has 0 aromatic heterocycles. The van der Waals surface area contributed by atoms with E-state index >= 15 is 0 Å². The molecular formula is C22H25NO4. The summed E-state index contributed by atoms with van der Waals surface area (Å²) >= 11 is 0. The van der Waals surface area contributed by atoms with Crippen LogP contribution in [0.25, 0.3) is 6.08 Å². The minimum Gasteiger partial charge on any atom is -0.494 e.